The van der Waals surface area contributed by atoms with Crippen molar-refractivity contribution >= 4 is 11.9 Å². The standard InChI is InChI=1S/C19H28N6O2/c1-14-22-18(20)24-19(23-14)21-13-15-4-3-5-17(12-15)27-11-8-25(2)16-6-9-26-10-7-16/h3-5,12,16H,6-11,13H2,1-2H3,(H3,20,21,22,23,24). The fourth-order valence-electron chi connectivity index (χ4n) is 3.12. The zero-order valence-corrected chi connectivity index (χ0v) is 16.0. The molecule has 1 aromatic carbocycles. The number of nitrogens with zero attached hydrogens (tertiary/aromatic N) is 4. The van der Waals surface area contributed by atoms with Crippen LogP contribution in [0.2, 0.25) is 0 Å². The molecule has 0 amide bonds. The lowest BCUT2D eigenvalue weighted by molar-refractivity contribution is 0.0392. The van der Waals surface area contributed by atoms with Gasteiger partial charge in [-0.2, -0.15) is 15.0 Å². The number of hydrogen-bond acceptors (Lipinski definition) is 8. The lowest BCUT2D eigenvalue weighted by Gasteiger charge is -2.31. The maximum absolute atomic E-state index is 5.94. The van der Waals surface area contributed by atoms with Crippen LogP contribution in [-0.2, 0) is 11.3 Å². The first kappa shape index (κ1) is 19.3. The van der Waals surface area contributed by atoms with Crippen LogP contribution in [0.25, 0.3) is 0 Å². The van der Waals surface area contributed by atoms with E-state index in [1.807, 2.05) is 24.3 Å². The van der Waals surface area contributed by atoms with Gasteiger partial charge in [0.2, 0.25) is 11.9 Å². The summed E-state index contributed by atoms with van der Waals surface area (Å²) >= 11 is 0. The maximum atomic E-state index is 5.94. The van der Waals surface area contributed by atoms with Gasteiger partial charge in [0.05, 0.1) is 0 Å². The quantitative estimate of drug-likeness (QED) is 0.725. The minimum absolute atomic E-state index is 0.218. The van der Waals surface area contributed by atoms with Crippen molar-refractivity contribution in [2.75, 3.05) is 44.5 Å². The highest BCUT2D eigenvalue weighted by Crippen LogP contribution is 2.16. The number of anilines is 2. The van der Waals surface area contributed by atoms with Crippen molar-refractivity contribution in [1.82, 2.24) is 19.9 Å². The Balaban J connectivity index is 1.46. The summed E-state index contributed by atoms with van der Waals surface area (Å²) in [6, 6.07) is 8.61. The number of aromatic nitrogens is 3. The molecule has 3 rings (SSSR count). The van der Waals surface area contributed by atoms with Crippen molar-refractivity contribution in [1.29, 1.82) is 0 Å². The summed E-state index contributed by atoms with van der Waals surface area (Å²) in [6.45, 7) is 5.65. The fourth-order valence-corrected chi connectivity index (χ4v) is 3.12. The molecule has 2 heterocycles. The summed E-state index contributed by atoms with van der Waals surface area (Å²) in [5.41, 5.74) is 6.74. The first-order chi connectivity index (χ1) is 13.1. The molecule has 0 saturated carbocycles. The summed E-state index contributed by atoms with van der Waals surface area (Å²) in [7, 11) is 2.15. The van der Waals surface area contributed by atoms with E-state index >= 15 is 0 Å². The van der Waals surface area contributed by atoms with E-state index in [4.69, 9.17) is 15.2 Å². The average Bonchev–Trinajstić information content (AvgIpc) is 2.67. The third-order valence-corrected chi connectivity index (χ3v) is 4.64. The summed E-state index contributed by atoms with van der Waals surface area (Å²) in [4.78, 5) is 14.6. The molecule has 0 spiro atoms. The summed E-state index contributed by atoms with van der Waals surface area (Å²) in [5.74, 6) is 2.15. The van der Waals surface area contributed by atoms with Crippen LogP contribution in [0.1, 0.15) is 24.2 Å². The Morgan fingerprint density at radius 3 is 2.85 bits per heavy atom. The lowest BCUT2D eigenvalue weighted by atomic mass is 10.1. The number of nitrogen functional groups attached to an aromatic ring is 1. The number of nitrogens with one attached hydrogen (secondary N) is 1. The van der Waals surface area contributed by atoms with E-state index in [1.54, 1.807) is 6.92 Å². The largest absolute Gasteiger partial charge is 0.492 e. The Labute approximate surface area is 160 Å². The first-order valence-electron chi connectivity index (χ1n) is 9.32. The van der Waals surface area contributed by atoms with Crippen LogP contribution in [-0.4, -0.2) is 59.3 Å². The van der Waals surface area contributed by atoms with Crippen molar-refractivity contribution in [2.45, 2.75) is 32.4 Å². The lowest BCUT2D eigenvalue weighted by Crippen LogP contribution is -2.38. The highest BCUT2D eigenvalue weighted by Gasteiger charge is 2.17. The molecule has 0 aliphatic carbocycles. The molecule has 1 saturated heterocycles. The van der Waals surface area contributed by atoms with Gasteiger partial charge in [0, 0.05) is 32.3 Å². The topological polar surface area (TPSA) is 98.4 Å². The molecular weight excluding hydrogens is 344 g/mol. The van der Waals surface area contributed by atoms with Gasteiger partial charge < -0.3 is 20.5 Å². The second-order valence-electron chi connectivity index (χ2n) is 6.74. The molecule has 0 radical (unpaired) electrons. The minimum atomic E-state index is 0.218. The van der Waals surface area contributed by atoms with Crippen molar-refractivity contribution in [3.05, 3.63) is 35.7 Å². The molecule has 1 fully saturated rings. The van der Waals surface area contributed by atoms with Crippen LogP contribution in [0.15, 0.2) is 24.3 Å². The van der Waals surface area contributed by atoms with Gasteiger partial charge in [-0.1, -0.05) is 12.1 Å². The highest BCUT2D eigenvalue weighted by atomic mass is 16.5. The molecule has 1 aliphatic rings. The molecular formula is C19H28N6O2. The molecule has 2 aromatic rings. The van der Waals surface area contributed by atoms with Crippen molar-refractivity contribution in [2.24, 2.45) is 0 Å². The van der Waals surface area contributed by atoms with Crippen molar-refractivity contribution < 1.29 is 9.47 Å². The second kappa shape index (κ2) is 9.48. The Kier molecular flexibility index (Phi) is 6.78. The molecule has 3 N–H and O–H groups in total. The number of rotatable bonds is 8. The van der Waals surface area contributed by atoms with Crippen LogP contribution >= 0.6 is 0 Å². The minimum Gasteiger partial charge on any atom is -0.492 e. The monoisotopic (exact) mass is 372 g/mol. The fraction of sp³-hybridized carbons (Fsp3) is 0.526. The predicted molar refractivity (Wildman–Crippen MR) is 105 cm³/mol. The van der Waals surface area contributed by atoms with Gasteiger partial charge in [-0.15, -0.1) is 0 Å². The van der Waals surface area contributed by atoms with Crippen LogP contribution in [0.4, 0.5) is 11.9 Å². The zero-order chi connectivity index (χ0) is 19.1. The summed E-state index contributed by atoms with van der Waals surface area (Å²) in [5, 5.41) is 3.17. The molecule has 8 nitrogen and oxygen atoms in total. The number of aryl methyl sites for hydroxylation is 1. The molecule has 1 aromatic heterocycles. The van der Waals surface area contributed by atoms with Gasteiger partial charge in [-0.3, -0.25) is 4.90 Å². The number of nitrogens with two attached hydrogens (primary N) is 1. The Morgan fingerprint density at radius 2 is 2.07 bits per heavy atom. The third-order valence-electron chi connectivity index (χ3n) is 4.64. The Bertz CT molecular complexity index is 716. The van der Waals surface area contributed by atoms with E-state index in [0.717, 1.165) is 43.9 Å². The first-order valence-corrected chi connectivity index (χ1v) is 9.32. The Morgan fingerprint density at radius 1 is 1.26 bits per heavy atom. The van der Waals surface area contributed by atoms with Crippen LogP contribution in [0, 0.1) is 6.92 Å². The van der Waals surface area contributed by atoms with Crippen molar-refractivity contribution in [3.63, 3.8) is 0 Å². The van der Waals surface area contributed by atoms with Gasteiger partial charge in [0.25, 0.3) is 0 Å². The number of benzene rings is 1. The van der Waals surface area contributed by atoms with Gasteiger partial charge in [-0.05, 0) is 44.5 Å². The maximum Gasteiger partial charge on any atom is 0.227 e. The number of hydrogen-bond donors (Lipinski definition) is 2. The number of ether oxygens (including phenoxy) is 2. The third kappa shape index (κ3) is 6.04. The smallest absolute Gasteiger partial charge is 0.227 e. The number of likely N-dealkylation sites (N-methyl/N-ethyl adjacent to an activating group) is 1. The van der Waals surface area contributed by atoms with E-state index in [0.29, 0.717) is 31.0 Å². The SMILES string of the molecule is Cc1nc(N)nc(NCc2cccc(OCCN(C)C3CCOCC3)c2)n1. The summed E-state index contributed by atoms with van der Waals surface area (Å²) in [6.07, 6.45) is 2.19. The molecule has 1 aliphatic heterocycles. The molecule has 0 atom stereocenters. The normalized spacial score (nSPS) is 15.1. The van der Waals surface area contributed by atoms with Gasteiger partial charge in [-0.25, -0.2) is 0 Å². The second-order valence-corrected chi connectivity index (χ2v) is 6.74. The molecule has 0 bridgehead atoms. The average molecular weight is 372 g/mol. The summed E-state index contributed by atoms with van der Waals surface area (Å²) < 4.78 is 11.4. The molecule has 146 valence electrons. The van der Waals surface area contributed by atoms with Crippen LogP contribution in [0.3, 0.4) is 0 Å². The van der Waals surface area contributed by atoms with Gasteiger partial charge in [0.15, 0.2) is 0 Å². The van der Waals surface area contributed by atoms with E-state index in [-0.39, 0.29) is 5.95 Å². The van der Waals surface area contributed by atoms with Gasteiger partial charge >= 0.3 is 0 Å². The van der Waals surface area contributed by atoms with E-state index in [2.05, 4.69) is 32.2 Å². The predicted octanol–water partition coefficient (Wildman–Crippen LogP) is 1.86. The highest BCUT2D eigenvalue weighted by molar-refractivity contribution is 5.34. The van der Waals surface area contributed by atoms with Crippen LogP contribution < -0.4 is 15.8 Å². The molecule has 8 heteroatoms. The van der Waals surface area contributed by atoms with Gasteiger partial charge in [0.1, 0.15) is 18.2 Å². The Hall–Kier alpha value is -2.45. The molecule has 0 unspecified atom stereocenters. The van der Waals surface area contributed by atoms with E-state index in [1.165, 1.54) is 0 Å². The zero-order valence-electron chi connectivity index (χ0n) is 16.0. The molecule has 27 heavy (non-hydrogen) atoms. The van der Waals surface area contributed by atoms with Crippen LogP contribution in [0.5, 0.6) is 5.75 Å². The van der Waals surface area contributed by atoms with Crippen molar-refractivity contribution in [3.8, 4) is 5.75 Å². The van der Waals surface area contributed by atoms with E-state index < -0.39 is 0 Å². The van der Waals surface area contributed by atoms with E-state index in [9.17, 15) is 0 Å².